The van der Waals surface area contributed by atoms with Gasteiger partial charge in [-0.15, -0.1) is 0 Å². The van der Waals surface area contributed by atoms with Gasteiger partial charge in [-0.25, -0.2) is 0 Å². The second kappa shape index (κ2) is 7.97. The predicted octanol–water partition coefficient (Wildman–Crippen LogP) is 3.03. The lowest BCUT2D eigenvalue weighted by molar-refractivity contribution is 0.414. The quantitative estimate of drug-likeness (QED) is 0.772. The second-order valence-corrected chi connectivity index (χ2v) is 4.55. The van der Waals surface area contributed by atoms with Crippen molar-refractivity contribution in [3.63, 3.8) is 0 Å². The lowest BCUT2D eigenvalue weighted by Gasteiger charge is -2.09. The summed E-state index contributed by atoms with van der Waals surface area (Å²) in [5.74, 6) is 0.864. The van der Waals surface area contributed by atoms with Gasteiger partial charge in [-0.1, -0.05) is 24.6 Å². The fraction of sp³-hybridized carbons (Fsp3) is 0.500. The van der Waals surface area contributed by atoms with Crippen LogP contribution in [0.2, 0.25) is 5.02 Å². The van der Waals surface area contributed by atoms with Gasteiger partial charge in [-0.05, 0) is 37.1 Å². The van der Waals surface area contributed by atoms with Crippen LogP contribution in [0.25, 0.3) is 0 Å². The number of hydrogen-bond acceptors (Lipinski definition) is 3. The maximum Gasteiger partial charge on any atom is 0.120 e. The molecule has 1 rings (SSSR count). The van der Waals surface area contributed by atoms with E-state index >= 15 is 0 Å². The first-order chi connectivity index (χ1) is 8.71. The summed E-state index contributed by atoms with van der Waals surface area (Å²) in [6.45, 7) is 3.58. The van der Waals surface area contributed by atoms with Crippen LogP contribution in [-0.2, 0) is 6.42 Å². The van der Waals surface area contributed by atoms with Crippen molar-refractivity contribution in [2.75, 3.05) is 20.2 Å². The van der Waals surface area contributed by atoms with Gasteiger partial charge in [-0.3, -0.25) is 0 Å². The van der Waals surface area contributed by atoms with Crippen LogP contribution >= 0.6 is 11.6 Å². The molecule has 4 heteroatoms. The fourth-order valence-electron chi connectivity index (χ4n) is 1.64. The lowest BCUT2D eigenvalue weighted by atomic mass is 10.1. The minimum Gasteiger partial charge on any atom is -0.497 e. The van der Waals surface area contributed by atoms with Crippen LogP contribution in [0.4, 0.5) is 0 Å². The largest absolute Gasteiger partial charge is 0.497 e. The molecule has 0 amide bonds. The number of methoxy groups -OCH3 is 1. The predicted molar refractivity (Wildman–Crippen MR) is 74.0 cm³/mol. The number of benzene rings is 1. The SMILES string of the molecule is CCC(C#N)CNCCc1ccc(OC)cc1Cl. The van der Waals surface area contributed by atoms with Crippen LogP contribution in [0.3, 0.4) is 0 Å². The molecule has 1 aromatic carbocycles. The Morgan fingerprint density at radius 2 is 2.28 bits per heavy atom. The third kappa shape index (κ3) is 4.56. The molecule has 3 nitrogen and oxygen atoms in total. The molecule has 0 radical (unpaired) electrons. The van der Waals surface area contributed by atoms with Gasteiger partial charge >= 0.3 is 0 Å². The van der Waals surface area contributed by atoms with Gasteiger partial charge in [0.25, 0.3) is 0 Å². The van der Waals surface area contributed by atoms with E-state index < -0.39 is 0 Å². The van der Waals surface area contributed by atoms with Gasteiger partial charge in [0.2, 0.25) is 0 Å². The van der Waals surface area contributed by atoms with Crippen LogP contribution in [0.1, 0.15) is 18.9 Å². The molecule has 0 bridgehead atoms. The maximum absolute atomic E-state index is 8.82. The van der Waals surface area contributed by atoms with E-state index in [4.69, 9.17) is 21.6 Å². The van der Waals surface area contributed by atoms with Crippen molar-refractivity contribution >= 4 is 11.6 Å². The smallest absolute Gasteiger partial charge is 0.120 e. The zero-order valence-electron chi connectivity index (χ0n) is 10.9. The third-order valence-electron chi connectivity index (χ3n) is 2.90. The Bertz CT molecular complexity index is 415. The number of hydrogen-bond donors (Lipinski definition) is 1. The van der Waals surface area contributed by atoms with E-state index in [2.05, 4.69) is 11.4 Å². The molecular weight excluding hydrogens is 248 g/mol. The van der Waals surface area contributed by atoms with E-state index in [1.165, 1.54) is 0 Å². The number of rotatable bonds is 7. The molecule has 0 aliphatic heterocycles. The molecule has 1 unspecified atom stereocenters. The standard InChI is InChI=1S/C14H19ClN2O/c1-3-11(9-16)10-17-7-6-12-4-5-13(18-2)8-14(12)15/h4-5,8,11,17H,3,6-7,10H2,1-2H3. The molecule has 0 spiro atoms. The van der Waals surface area contributed by atoms with Crippen molar-refractivity contribution in [2.45, 2.75) is 19.8 Å². The summed E-state index contributed by atoms with van der Waals surface area (Å²) in [6.07, 6.45) is 1.73. The Morgan fingerprint density at radius 1 is 1.50 bits per heavy atom. The van der Waals surface area contributed by atoms with Crippen molar-refractivity contribution in [2.24, 2.45) is 5.92 Å². The molecular formula is C14H19ClN2O. The molecule has 0 saturated heterocycles. The molecule has 0 aliphatic carbocycles. The molecule has 0 fully saturated rings. The average molecular weight is 267 g/mol. The van der Waals surface area contributed by atoms with Gasteiger partial charge in [0.15, 0.2) is 0 Å². The topological polar surface area (TPSA) is 45.0 Å². The molecule has 0 heterocycles. The summed E-state index contributed by atoms with van der Waals surface area (Å²) in [4.78, 5) is 0. The maximum atomic E-state index is 8.82. The van der Waals surface area contributed by atoms with E-state index in [0.29, 0.717) is 0 Å². The van der Waals surface area contributed by atoms with Crippen molar-refractivity contribution < 1.29 is 4.74 Å². The lowest BCUT2D eigenvalue weighted by Crippen LogP contribution is -2.24. The number of nitriles is 1. The van der Waals surface area contributed by atoms with Crippen LogP contribution < -0.4 is 10.1 Å². The Labute approximate surface area is 114 Å². The Balaban J connectivity index is 2.38. The van der Waals surface area contributed by atoms with E-state index in [1.807, 2.05) is 25.1 Å². The van der Waals surface area contributed by atoms with Gasteiger partial charge in [0.1, 0.15) is 5.75 Å². The van der Waals surface area contributed by atoms with Gasteiger partial charge < -0.3 is 10.1 Å². The van der Waals surface area contributed by atoms with Crippen LogP contribution in [-0.4, -0.2) is 20.2 Å². The number of nitrogens with zero attached hydrogens (tertiary/aromatic N) is 1. The van der Waals surface area contributed by atoms with Crippen molar-refractivity contribution in [1.82, 2.24) is 5.32 Å². The van der Waals surface area contributed by atoms with Gasteiger partial charge in [0.05, 0.1) is 19.1 Å². The van der Waals surface area contributed by atoms with E-state index in [-0.39, 0.29) is 5.92 Å². The molecule has 1 aromatic rings. The highest BCUT2D eigenvalue weighted by Crippen LogP contribution is 2.22. The summed E-state index contributed by atoms with van der Waals surface area (Å²) < 4.78 is 5.10. The molecule has 0 aliphatic rings. The van der Waals surface area contributed by atoms with Crippen molar-refractivity contribution in [3.8, 4) is 11.8 Å². The van der Waals surface area contributed by atoms with Crippen molar-refractivity contribution in [3.05, 3.63) is 28.8 Å². The first kappa shape index (κ1) is 14.8. The first-order valence-corrected chi connectivity index (χ1v) is 6.51. The highest BCUT2D eigenvalue weighted by atomic mass is 35.5. The molecule has 1 atom stereocenters. The third-order valence-corrected chi connectivity index (χ3v) is 3.25. The molecule has 18 heavy (non-hydrogen) atoms. The summed E-state index contributed by atoms with van der Waals surface area (Å²) in [5.41, 5.74) is 1.09. The van der Waals surface area contributed by atoms with E-state index in [1.54, 1.807) is 7.11 Å². The normalized spacial score (nSPS) is 11.9. The van der Waals surface area contributed by atoms with Crippen LogP contribution in [0.5, 0.6) is 5.75 Å². The average Bonchev–Trinajstić information content (AvgIpc) is 2.40. The van der Waals surface area contributed by atoms with Gasteiger partial charge in [-0.2, -0.15) is 5.26 Å². The number of halogens is 1. The van der Waals surface area contributed by atoms with Crippen LogP contribution in [0, 0.1) is 17.2 Å². The summed E-state index contributed by atoms with van der Waals surface area (Å²) in [6, 6.07) is 7.98. The number of nitrogens with one attached hydrogen (secondary N) is 1. The molecule has 0 saturated carbocycles. The zero-order valence-corrected chi connectivity index (χ0v) is 11.6. The monoisotopic (exact) mass is 266 g/mol. The van der Waals surface area contributed by atoms with Crippen LogP contribution in [0.15, 0.2) is 18.2 Å². The highest BCUT2D eigenvalue weighted by molar-refractivity contribution is 6.31. The summed E-state index contributed by atoms with van der Waals surface area (Å²) in [5, 5.41) is 12.8. The minimum absolute atomic E-state index is 0.0938. The highest BCUT2D eigenvalue weighted by Gasteiger charge is 2.05. The summed E-state index contributed by atoms with van der Waals surface area (Å²) in [7, 11) is 1.62. The summed E-state index contributed by atoms with van der Waals surface area (Å²) >= 11 is 6.14. The zero-order chi connectivity index (χ0) is 13.4. The Morgan fingerprint density at radius 3 is 2.83 bits per heavy atom. The molecule has 0 aromatic heterocycles. The first-order valence-electron chi connectivity index (χ1n) is 6.14. The Hall–Kier alpha value is -1.24. The molecule has 1 N–H and O–H groups in total. The number of ether oxygens (including phenoxy) is 1. The van der Waals surface area contributed by atoms with E-state index in [0.717, 1.165) is 42.3 Å². The van der Waals surface area contributed by atoms with Crippen molar-refractivity contribution in [1.29, 1.82) is 5.26 Å². The second-order valence-electron chi connectivity index (χ2n) is 4.15. The molecule has 98 valence electrons. The van der Waals surface area contributed by atoms with Gasteiger partial charge in [0, 0.05) is 11.6 Å². The Kier molecular flexibility index (Phi) is 6.56. The fourth-order valence-corrected chi connectivity index (χ4v) is 1.90. The minimum atomic E-state index is 0.0938. The van der Waals surface area contributed by atoms with E-state index in [9.17, 15) is 0 Å².